The quantitative estimate of drug-likeness (QED) is 0.803. The van der Waals surface area contributed by atoms with Crippen LogP contribution in [0.15, 0.2) is 54.9 Å². The second-order valence-electron chi connectivity index (χ2n) is 9.33. The molecule has 1 amide bonds. The average molecular weight is 362 g/mol. The lowest BCUT2D eigenvalue weighted by Crippen LogP contribution is -2.52. The molecule has 0 unspecified atom stereocenters. The number of benzene rings is 1. The monoisotopic (exact) mass is 361 g/mol. The molecule has 4 saturated carbocycles. The third-order valence-corrected chi connectivity index (χ3v) is 7.12. The van der Waals surface area contributed by atoms with Crippen LogP contribution in [0, 0.1) is 23.2 Å². The van der Waals surface area contributed by atoms with Crippen LogP contribution in [0.3, 0.4) is 0 Å². The van der Waals surface area contributed by atoms with Gasteiger partial charge in [-0.15, -0.1) is 0 Å². The highest BCUT2D eigenvalue weighted by molar-refractivity contribution is 5.74. The predicted octanol–water partition coefficient (Wildman–Crippen LogP) is 3.97. The maximum Gasteiger partial charge on any atom is 0.286 e. The number of rotatable bonds is 5. The highest BCUT2D eigenvalue weighted by Gasteiger charge is 2.50. The Morgan fingerprint density at radius 1 is 0.926 bits per heavy atom. The van der Waals surface area contributed by atoms with Gasteiger partial charge in [-0.1, -0.05) is 30.3 Å². The molecule has 4 aliphatic carbocycles. The maximum absolute atomic E-state index is 12.6. The van der Waals surface area contributed by atoms with Gasteiger partial charge >= 0.3 is 0 Å². The van der Waals surface area contributed by atoms with Gasteiger partial charge in [0.05, 0.1) is 0 Å². The molecule has 1 N–H and O–H groups in total. The number of amides is 1. The number of nitrogens with one attached hydrogen (secondary N) is 1. The molecule has 0 aliphatic heterocycles. The fraction of sp³-hybridized carbons (Fsp3) is 0.500. The number of nitrogens with zero attached hydrogens (tertiary/aromatic N) is 1. The van der Waals surface area contributed by atoms with Crippen molar-refractivity contribution in [3.8, 4) is 11.1 Å². The summed E-state index contributed by atoms with van der Waals surface area (Å²) in [5, 5.41) is 3.29. The highest BCUT2D eigenvalue weighted by atomic mass is 16.1. The standard InChI is InChI=1S/C24H28N2O/c27-23(16-26-8-4-7-22(15-26)21-5-2-1-3-6-21)25-17-24-12-18-9-19(13-24)11-20(10-18)14-24/h1-8,15,18-20H,9-14,16-17H2/p+1. The zero-order chi connectivity index (χ0) is 18.3. The van der Waals surface area contributed by atoms with Crippen LogP contribution in [-0.4, -0.2) is 12.5 Å². The zero-order valence-corrected chi connectivity index (χ0v) is 15.9. The van der Waals surface area contributed by atoms with E-state index >= 15 is 0 Å². The van der Waals surface area contributed by atoms with Crippen LogP contribution in [0.4, 0.5) is 0 Å². The molecule has 2 aromatic rings. The van der Waals surface area contributed by atoms with E-state index in [4.69, 9.17) is 0 Å². The summed E-state index contributed by atoms with van der Waals surface area (Å²) >= 11 is 0. The van der Waals surface area contributed by atoms with Crippen LogP contribution in [0.1, 0.15) is 38.5 Å². The molecule has 3 nitrogen and oxygen atoms in total. The SMILES string of the molecule is O=C(C[n+]1cccc(-c2ccccc2)c1)NCC12CC3CC(CC(C3)C1)C2. The molecular formula is C24H29N2O+. The minimum Gasteiger partial charge on any atom is -0.350 e. The molecule has 1 heterocycles. The van der Waals surface area contributed by atoms with Crippen molar-refractivity contribution in [3.05, 3.63) is 54.9 Å². The Balaban J connectivity index is 1.22. The van der Waals surface area contributed by atoms with Crippen LogP contribution in [0.5, 0.6) is 0 Å². The van der Waals surface area contributed by atoms with E-state index in [1.165, 1.54) is 44.1 Å². The van der Waals surface area contributed by atoms with E-state index in [2.05, 4.69) is 29.7 Å². The highest BCUT2D eigenvalue weighted by Crippen LogP contribution is 2.59. The first kappa shape index (κ1) is 17.0. The summed E-state index contributed by atoms with van der Waals surface area (Å²) in [4.78, 5) is 12.6. The van der Waals surface area contributed by atoms with Gasteiger partial charge in [-0.05, 0) is 73.3 Å². The van der Waals surface area contributed by atoms with Crippen LogP contribution >= 0.6 is 0 Å². The molecule has 1 aromatic heterocycles. The fourth-order valence-electron chi connectivity index (χ4n) is 6.44. The first-order valence-corrected chi connectivity index (χ1v) is 10.5. The molecule has 6 rings (SSSR count). The third kappa shape index (κ3) is 3.52. The van der Waals surface area contributed by atoms with E-state index < -0.39 is 0 Å². The lowest BCUT2D eigenvalue weighted by atomic mass is 9.49. The molecule has 4 bridgehead atoms. The molecule has 0 radical (unpaired) electrons. The average Bonchev–Trinajstić information content (AvgIpc) is 2.66. The Labute approximate surface area is 161 Å². The number of carbonyl (C=O) groups excluding carboxylic acids is 1. The van der Waals surface area contributed by atoms with Crippen LogP contribution in [0.2, 0.25) is 0 Å². The van der Waals surface area contributed by atoms with Gasteiger partial charge in [0, 0.05) is 18.2 Å². The van der Waals surface area contributed by atoms with Crippen LogP contribution in [0.25, 0.3) is 11.1 Å². The van der Waals surface area contributed by atoms with Crippen molar-refractivity contribution in [2.75, 3.05) is 6.54 Å². The predicted molar refractivity (Wildman–Crippen MR) is 106 cm³/mol. The second-order valence-corrected chi connectivity index (χ2v) is 9.33. The van der Waals surface area contributed by atoms with Crippen LogP contribution < -0.4 is 9.88 Å². The Morgan fingerprint density at radius 3 is 2.22 bits per heavy atom. The van der Waals surface area contributed by atoms with Gasteiger partial charge in [0.1, 0.15) is 0 Å². The molecule has 140 valence electrons. The number of aromatic nitrogens is 1. The molecular weight excluding hydrogens is 332 g/mol. The first-order chi connectivity index (χ1) is 13.2. The number of hydrogen-bond donors (Lipinski definition) is 1. The van der Waals surface area contributed by atoms with E-state index in [-0.39, 0.29) is 5.91 Å². The summed E-state index contributed by atoms with van der Waals surface area (Å²) in [5.74, 6) is 2.95. The van der Waals surface area contributed by atoms with E-state index in [1.807, 2.05) is 35.0 Å². The minimum atomic E-state index is 0.140. The van der Waals surface area contributed by atoms with Crippen molar-refractivity contribution < 1.29 is 9.36 Å². The second kappa shape index (κ2) is 6.78. The van der Waals surface area contributed by atoms with Crippen molar-refractivity contribution in [1.29, 1.82) is 0 Å². The topological polar surface area (TPSA) is 33.0 Å². The number of carbonyl (C=O) groups is 1. The van der Waals surface area contributed by atoms with Gasteiger partial charge in [-0.3, -0.25) is 4.79 Å². The zero-order valence-electron chi connectivity index (χ0n) is 15.9. The number of pyridine rings is 1. The van der Waals surface area contributed by atoms with Crippen molar-refractivity contribution in [3.63, 3.8) is 0 Å². The Bertz CT molecular complexity index is 794. The lowest BCUT2D eigenvalue weighted by Gasteiger charge is -2.56. The van der Waals surface area contributed by atoms with Crippen LogP contribution in [-0.2, 0) is 11.3 Å². The van der Waals surface area contributed by atoms with Gasteiger partial charge < -0.3 is 5.32 Å². The molecule has 3 heteroatoms. The molecule has 0 spiro atoms. The molecule has 4 aliphatic rings. The molecule has 27 heavy (non-hydrogen) atoms. The van der Waals surface area contributed by atoms with Crippen molar-refractivity contribution in [2.24, 2.45) is 23.2 Å². The van der Waals surface area contributed by atoms with Gasteiger partial charge in [0.25, 0.3) is 5.91 Å². The Morgan fingerprint density at radius 2 is 1.56 bits per heavy atom. The van der Waals surface area contributed by atoms with E-state index in [0.717, 1.165) is 29.9 Å². The molecule has 0 saturated heterocycles. The first-order valence-electron chi connectivity index (χ1n) is 10.5. The Hall–Kier alpha value is -2.16. The molecule has 4 fully saturated rings. The Kier molecular flexibility index (Phi) is 4.26. The van der Waals surface area contributed by atoms with E-state index in [1.54, 1.807) is 0 Å². The molecule has 1 aromatic carbocycles. The molecule has 0 atom stereocenters. The summed E-state index contributed by atoms with van der Waals surface area (Å²) in [6, 6.07) is 14.4. The van der Waals surface area contributed by atoms with Gasteiger partial charge in [0.2, 0.25) is 6.54 Å². The van der Waals surface area contributed by atoms with Gasteiger partial charge in [-0.25, -0.2) is 0 Å². The van der Waals surface area contributed by atoms with Crippen molar-refractivity contribution in [1.82, 2.24) is 5.32 Å². The third-order valence-electron chi connectivity index (χ3n) is 7.12. The number of hydrogen-bond acceptors (Lipinski definition) is 1. The maximum atomic E-state index is 12.6. The van der Waals surface area contributed by atoms with Crippen molar-refractivity contribution in [2.45, 2.75) is 45.1 Å². The summed E-state index contributed by atoms with van der Waals surface area (Å²) in [7, 11) is 0. The summed E-state index contributed by atoms with van der Waals surface area (Å²) < 4.78 is 2.00. The minimum absolute atomic E-state index is 0.140. The fourth-order valence-corrected chi connectivity index (χ4v) is 6.44. The summed E-state index contributed by atoms with van der Waals surface area (Å²) in [5.41, 5.74) is 2.73. The van der Waals surface area contributed by atoms with Gasteiger partial charge in [-0.2, -0.15) is 4.57 Å². The van der Waals surface area contributed by atoms with E-state index in [9.17, 15) is 4.79 Å². The summed E-state index contributed by atoms with van der Waals surface area (Å²) in [6.07, 6.45) is 12.4. The van der Waals surface area contributed by atoms with Gasteiger partial charge in [0.15, 0.2) is 12.4 Å². The summed E-state index contributed by atoms with van der Waals surface area (Å²) in [6.45, 7) is 1.28. The normalized spacial score (nSPS) is 31.0. The largest absolute Gasteiger partial charge is 0.350 e. The smallest absolute Gasteiger partial charge is 0.286 e. The van der Waals surface area contributed by atoms with Crippen molar-refractivity contribution >= 4 is 5.91 Å². The lowest BCUT2D eigenvalue weighted by molar-refractivity contribution is -0.684. The van der Waals surface area contributed by atoms with E-state index in [0.29, 0.717) is 12.0 Å².